The third-order valence-electron chi connectivity index (χ3n) is 2.68. The normalized spacial score (nSPS) is 10.5. The topological polar surface area (TPSA) is 84.2 Å². The maximum absolute atomic E-state index is 12.0. The lowest BCUT2D eigenvalue weighted by Crippen LogP contribution is -2.36. The van der Waals surface area contributed by atoms with Crippen LogP contribution in [0.1, 0.15) is 16.6 Å². The fourth-order valence-corrected chi connectivity index (χ4v) is 3.07. The molecule has 4 N–H and O–H groups in total. The summed E-state index contributed by atoms with van der Waals surface area (Å²) in [6.07, 6.45) is 0. The van der Waals surface area contributed by atoms with E-state index in [-0.39, 0.29) is 18.4 Å². The number of hydrogen-bond donors (Lipinski definition) is 3. The molecule has 1 aromatic carbocycles. The lowest BCUT2D eigenvalue weighted by Gasteiger charge is -2.04. The minimum atomic E-state index is -0.355. The number of nitrogen functional groups attached to an aromatic ring is 1. The van der Waals surface area contributed by atoms with Gasteiger partial charge < -0.3 is 16.4 Å². The third-order valence-corrected chi connectivity index (χ3v) is 4.08. The highest BCUT2D eigenvalue weighted by molar-refractivity contribution is 7.21. The number of anilines is 1. The van der Waals surface area contributed by atoms with E-state index in [2.05, 4.69) is 10.6 Å². The summed E-state index contributed by atoms with van der Waals surface area (Å²) in [6.45, 7) is 2.27. The summed E-state index contributed by atoms with van der Waals surface area (Å²) in [4.78, 5) is 23.7. The van der Waals surface area contributed by atoms with Crippen LogP contribution in [-0.2, 0) is 4.79 Å². The number of likely N-dealkylation sites (N-methyl/N-ethyl adjacent to an activating group) is 1. The van der Waals surface area contributed by atoms with Crippen LogP contribution in [0.2, 0.25) is 5.02 Å². The van der Waals surface area contributed by atoms with E-state index in [4.69, 9.17) is 17.3 Å². The Balaban J connectivity index is 2.18. The smallest absolute Gasteiger partial charge is 0.263 e. The summed E-state index contributed by atoms with van der Waals surface area (Å²) >= 11 is 7.17. The van der Waals surface area contributed by atoms with E-state index < -0.39 is 0 Å². The molecule has 0 spiro atoms. The molecular formula is C13H14ClN3O2S. The molecular weight excluding hydrogens is 298 g/mol. The Kier molecular flexibility index (Phi) is 4.46. The number of nitrogens with one attached hydrogen (secondary N) is 2. The van der Waals surface area contributed by atoms with Gasteiger partial charge in [-0.25, -0.2) is 0 Å². The van der Waals surface area contributed by atoms with Crippen LogP contribution in [0, 0.1) is 0 Å². The SMILES string of the molecule is CCNC(=O)CNC(=O)c1sc2cc(Cl)ccc2c1N. The molecule has 2 amide bonds. The number of nitrogens with two attached hydrogens (primary N) is 1. The van der Waals surface area contributed by atoms with Gasteiger partial charge in [-0.2, -0.15) is 0 Å². The van der Waals surface area contributed by atoms with Crippen LogP contribution in [0.4, 0.5) is 5.69 Å². The number of benzene rings is 1. The highest BCUT2D eigenvalue weighted by Gasteiger charge is 2.17. The van der Waals surface area contributed by atoms with Crippen molar-refractivity contribution >= 4 is 50.5 Å². The molecule has 5 nitrogen and oxygen atoms in total. The van der Waals surface area contributed by atoms with Gasteiger partial charge in [0.25, 0.3) is 5.91 Å². The molecule has 1 heterocycles. The van der Waals surface area contributed by atoms with Gasteiger partial charge in [-0.1, -0.05) is 11.6 Å². The number of hydrogen-bond acceptors (Lipinski definition) is 4. The van der Waals surface area contributed by atoms with Crippen molar-refractivity contribution in [2.24, 2.45) is 0 Å². The predicted octanol–water partition coefficient (Wildman–Crippen LogP) is 2.00. The van der Waals surface area contributed by atoms with Gasteiger partial charge in [0.2, 0.25) is 5.91 Å². The Bertz CT molecular complexity index is 669. The van der Waals surface area contributed by atoms with Gasteiger partial charge in [0.05, 0.1) is 12.2 Å². The van der Waals surface area contributed by atoms with E-state index >= 15 is 0 Å². The van der Waals surface area contributed by atoms with Gasteiger partial charge in [-0.05, 0) is 25.1 Å². The fraction of sp³-hybridized carbons (Fsp3) is 0.231. The highest BCUT2D eigenvalue weighted by atomic mass is 35.5. The van der Waals surface area contributed by atoms with Crippen molar-refractivity contribution < 1.29 is 9.59 Å². The van der Waals surface area contributed by atoms with E-state index in [1.54, 1.807) is 18.2 Å². The number of carbonyl (C=O) groups excluding carboxylic acids is 2. The van der Waals surface area contributed by atoms with Crippen LogP contribution in [0.3, 0.4) is 0 Å². The molecule has 0 unspecified atom stereocenters. The van der Waals surface area contributed by atoms with Gasteiger partial charge in [0.1, 0.15) is 4.88 Å². The van der Waals surface area contributed by atoms with Crippen LogP contribution >= 0.6 is 22.9 Å². The average molecular weight is 312 g/mol. The van der Waals surface area contributed by atoms with Crippen LogP contribution in [-0.4, -0.2) is 24.9 Å². The molecule has 2 aromatic rings. The van der Waals surface area contributed by atoms with Crippen molar-refractivity contribution in [2.75, 3.05) is 18.8 Å². The summed E-state index contributed by atoms with van der Waals surface area (Å²) in [5.74, 6) is -0.588. The molecule has 0 saturated heterocycles. The number of carbonyl (C=O) groups is 2. The largest absolute Gasteiger partial charge is 0.397 e. The predicted molar refractivity (Wildman–Crippen MR) is 82.3 cm³/mol. The zero-order valence-electron chi connectivity index (χ0n) is 10.8. The second-order valence-corrected chi connectivity index (χ2v) is 5.61. The van der Waals surface area contributed by atoms with E-state index in [0.717, 1.165) is 10.1 Å². The van der Waals surface area contributed by atoms with Gasteiger partial charge in [-0.3, -0.25) is 9.59 Å². The van der Waals surface area contributed by atoms with Gasteiger partial charge >= 0.3 is 0 Å². The van der Waals surface area contributed by atoms with Crippen molar-refractivity contribution in [3.05, 3.63) is 28.1 Å². The van der Waals surface area contributed by atoms with E-state index in [1.807, 2.05) is 6.92 Å². The molecule has 20 heavy (non-hydrogen) atoms. The second-order valence-electron chi connectivity index (χ2n) is 4.12. The highest BCUT2D eigenvalue weighted by Crippen LogP contribution is 2.35. The molecule has 2 rings (SSSR count). The molecule has 0 bridgehead atoms. The van der Waals surface area contributed by atoms with Crippen LogP contribution in [0.15, 0.2) is 18.2 Å². The Labute approximate surface area is 125 Å². The zero-order valence-corrected chi connectivity index (χ0v) is 12.4. The molecule has 7 heteroatoms. The summed E-state index contributed by atoms with van der Waals surface area (Å²) in [7, 11) is 0. The summed E-state index contributed by atoms with van der Waals surface area (Å²) in [5, 5.41) is 6.53. The molecule has 0 aliphatic rings. The Morgan fingerprint density at radius 1 is 1.35 bits per heavy atom. The van der Waals surface area contributed by atoms with Crippen molar-refractivity contribution in [3.63, 3.8) is 0 Å². The maximum atomic E-state index is 12.0. The molecule has 106 valence electrons. The lowest BCUT2D eigenvalue weighted by atomic mass is 10.2. The van der Waals surface area contributed by atoms with E-state index in [0.29, 0.717) is 22.1 Å². The molecule has 0 fully saturated rings. The van der Waals surface area contributed by atoms with Crippen LogP contribution in [0.25, 0.3) is 10.1 Å². The average Bonchev–Trinajstić information content (AvgIpc) is 2.73. The molecule has 0 saturated carbocycles. The number of amides is 2. The third kappa shape index (κ3) is 3.02. The summed E-state index contributed by atoms with van der Waals surface area (Å²) in [5.41, 5.74) is 6.37. The van der Waals surface area contributed by atoms with Crippen molar-refractivity contribution in [1.82, 2.24) is 10.6 Å². The Morgan fingerprint density at radius 3 is 2.80 bits per heavy atom. The van der Waals surface area contributed by atoms with Crippen LogP contribution < -0.4 is 16.4 Å². The number of thiophene rings is 1. The first kappa shape index (κ1) is 14.6. The van der Waals surface area contributed by atoms with Gasteiger partial charge in [0.15, 0.2) is 0 Å². The summed E-state index contributed by atoms with van der Waals surface area (Å²) in [6, 6.07) is 5.27. The van der Waals surface area contributed by atoms with Gasteiger partial charge in [0, 0.05) is 21.7 Å². The van der Waals surface area contributed by atoms with Crippen molar-refractivity contribution in [2.45, 2.75) is 6.92 Å². The molecule has 0 radical (unpaired) electrons. The monoisotopic (exact) mass is 311 g/mol. The number of fused-ring (bicyclic) bond motifs is 1. The molecule has 0 aliphatic carbocycles. The summed E-state index contributed by atoms with van der Waals surface area (Å²) < 4.78 is 0.846. The first-order valence-corrected chi connectivity index (χ1v) is 7.24. The lowest BCUT2D eigenvalue weighted by molar-refractivity contribution is -0.120. The van der Waals surface area contributed by atoms with Gasteiger partial charge in [-0.15, -0.1) is 11.3 Å². The van der Waals surface area contributed by atoms with Crippen molar-refractivity contribution in [3.8, 4) is 0 Å². The number of halogens is 1. The van der Waals surface area contributed by atoms with E-state index in [1.165, 1.54) is 11.3 Å². The standard InChI is InChI=1S/C13H14ClN3O2S/c1-2-16-10(18)6-17-13(19)12-11(15)8-4-3-7(14)5-9(8)20-12/h3-5H,2,6,15H2,1H3,(H,16,18)(H,17,19). The number of rotatable bonds is 4. The first-order valence-electron chi connectivity index (χ1n) is 6.05. The van der Waals surface area contributed by atoms with Crippen LogP contribution in [0.5, 0.6) is 0 Å². The minimum absolute atomic E-state index is 0.0683. The van der Waals surface area contributed by atoms with Crippen molar-refractivity contribution in [1.29, 1.82) is 0 Å². The van der Waals surface area contributed by atoms with E-state index in [9.17, 15) is 9.59 Å². The quantitative estimate of drug-likeness (QED) is 0.807. The first-order chi connectivity index (χ1) is 9.52. The molecule has 1 aromatic heterocycles. The zero-order chi connectivity index (χ0) is 14.7. The Hall–Kier alpha value is -1.79. The molecule has 0 atom stereocenters. The second kappa shape index (κ2) is 6.11. The Morgan fingerprint density at radius 2 is 2.10 bits per heavy atom. The maximum Gasteiger partial charge on any atom is 0.263 e. The molecule has 0 aliphatic heterocycles. The minimum Gasteiger partial charge on any atom is -0.397 e. The fourth-order valence-electron chi connectivity index (χ4n) is 1.76.